The summed E-state index contributed by atoms with van der Waals surface area (Å²) in [5, 5.41) is 27.1. The van der Waals surface area contributed by atoms with Crippen molar-refractivity contribution in [3.05, 3.63) is 46.5 Å². The van der Waals surface area contributed by atoms with Gasteiger partial charge in [0.2, 0.25) is 5.78 Å². The Morgan fingerprint density at radius 3 is 2.31 bits per heavy atom. The average Bonchev–Trinajstić information content (AvgIpc) is 3.15. The normalized spacial score (nSPS) is 23.4. The molecule has 26 heavy (non-hydrogen) atoms. The van der Waals surface area contributed by atoms with Crippen LogP contribution in [0.2, 0.25) is 0 Å². The topological polar surface area (TPSA) is 102 Å². The molecular weight excluding hydrogens is 334 g/mol. The van der Waals surface area contributed by atoms with Crippen LogP contribution in [-0.2, 0) is 0 Å². The van der Waals surface area contributed by atoms with Gasteiger partial charge in [0.05, 0.1) is 28.1 Å². The SMILES string of the molecule is CN1CCC2(C1)Nc1ccc3c(c1N2)C(=O)c1c(O)ccc(O)c1C3=O. The van der Waals surface area contributed by atoms with Crippen LogP contribution in [0, 0.1) is 0 Å². The number of phenolic OH excluding ortho intramolecular Hbond substituents is 2. The number of hydrogen-bond donors (Lipinski definition) is 4. The first-order chi connectivity index (χ1) is 12.4. The van der Waals surface area contributed by atoms with Crippen LogP contribution >= 0.6 is 0 Å². The summed E-state index contributed by atoms with van der Waals surface area (Å²) in [5.41, 5.74) is 1.20. The Balaban J connectivity index is 1.70. The molecule has 132 valence electrons. The fourth-order valence-electron chi connectivity index (χ4n) is 4.29. The van der Waals surface area contributed by atoms with Crippen LogP contribution in [0.1, 0.15) is 38.3 Å². The number of likely N-dealkylation sites (N-methyl/N-ethyl adjacent to an activating group) is 1. The summed E-state index contributed by atoms with van der Waals surface area (Å²) in [6.45, 7) is 1.68. The number of fused-ring (bicyclic) bond motifs is 4. The van der Waals surface area contributed by atoms with E-state index in [0.29, 0.717) is 5.69 Å². The molecule has 1 atom stereocenters. The lowest BCUT2D eigenvalue weighted by atomic mass is 9.82. The molecule has 5 rings (SSSR count). The van der Waals surface area contributed by atoms with Crippen LogP contribution < -0.4 is 10.6 Å². The number of phenols is 2. The van der Waals surface area contributed by atoms with Crippen molar-refractivity contribution in [2.45, 2.75) is 12.1 Å². The Morgan fingerprint density at radius 1 is 0.962 bits per heavy atom. The first-order valence-corrected chi connectivity index (χ1v) is 8.46. The molecule has 0 radical (unpaired) electrons. The predicted octanol–water partition coefficient (Wildman–Crippen LogP) is 1.74. The van der Waals surface area contributed by atoms with Crippen molar-refractivity contribution in [2.24, 2.45) is 0 Å². The van der Waals surface area contributed by atoms with Gasteiger partial charge in [0.25, 0.3) is 0 Å². The molecule has 0 saturated carbocycles. The van der Waals surface area contributed by atoms with E-state index in [1.54, 1.807) is 12.1 Å². The van der Waals surface area contributed by atoms with Gasteiger partial charge in [0, 0.05) is 25.1 Å². The van der Waals surface area contributed by atoms with Gasteiger partial charge in [-0.1, -0.05) is 0 Å². The van der Waals surface area contributed by atoms with Crippen LogP contribution in [-0.4, -0.2) is 52.5 Å². The van der Waals surface area contributed by atoms with Crippen molar-refractivity contribution in [1.82, 2.24) is 4.90 Å². The van der Waals surface area contributed by atoms with E-state index in [9.17, 15) is 19.8 Å². The standard InChI is InChI=1S/C19H17N3O4/c1-22-7-6-19(8-22)20-10-3-2-9-13(16(10)21-19)18(26)15-12(24)5-4-11(23)14(15)17(9)25/h2-5,20-21,23-24H,6-8H2,1H3. The number of hydrogen-bond acceptors (Lipinski definition) is 7. The maximum atomic E-state index is 13.2. The second-order valence-electron chi connectivity index (χ2n) is 7.24. The summed E-state index contributed by atoms with van der Waals surface area (Å²) >= 11 is 0. The largest absolute Gasteiger partial charge is 0.507 e. The zero-order valence-corrected chi connectivity index (χ0v) is 14.1. The molecule has 1 unspecified atom stereocenters. The second kappa shape index (κ2) is 4.76. The highest BCUT2D eigenvalue weighted by atomic mass is 16.3. The van der Waals surface area contributed by atoms with Gasteiger partial charge in [-0.15, -0.1) is 0 Å². The fourth-order valence-corrected chi connectivity index (χ4v) is 4.29. The molecule has 1 aliphatic carbocycles. The summed E-state index contributed by atoms with van der Waals surface area (Å²) in [6, 6.07) is 5.84. The van der Waals surface area contributed by atoms with E-state index in [0.717, 1.165) is 25.2 Å². The molecule has 2 aromatic rings. The number of ketones is 2. The number of nitrogens with one attached hydrogen (secondary N) is 2. The Kier molecular flexibility index (Phi) is 2.79. The molecule has 7 nitrogen and oxygen atoms in total. The van der Waals surface area contributed by atoms with E-state index in [1.165, 1.54) is 12.1 Å². The van der Waals surface area contributed by atoms with E-state index in [-0.39, 0.29) is 39.4 Å². The molecule has 1 fully saturated rings. The smallest absolute Gasteiger partial charge is 0.200 e. The third-order valence-corrected chi connectivity index (χ3v) is 5.49. The summed E-state index contributed by atoms with van der Waals surface area (Å²) < 4.78 is 0. The van der Waals surface area contributed by atoms with Gasteiger partial charge in [-0.2, -0.15) is 0 Å². The van der Waals surface area contributed by atoms with Gasteiger partial charge in [0.15, 0.2) is 5.78 Å². The van der Waals surface area contributed by atoms with Crippen molar-refractivity contribution in [1.29, 1.82) is 0 Å². The zero-order valence-electron chi connectivity index (χ0n) is 14.1. The molecule has 0 amide bonds. The third kappa shape index (κ3) is 1.80. The minimum absolute atomic E-state index is 0.135. The van der Waals surface area contributed by atoms with Crippen LogP contribution in [0.25, 0.3) is 0 Å². The van der Waals surface area contributed by atoms with E-state index < -0.39 is 11.6 Å². The summed E-state index contributed by atoms with van der Waals surface area (Å²) in [6.07, 6.45) is 0.859. The second-order valence-corrected chi connectivity index (χ2v) is 7.24. The molecule has 3 aliphatic rings. The van der Waals surface area contributed by atoms with Gasteiger partial charge < -0.3 is 25.7 Å². The summed E-state index contributed by atoms with van der Waals surface area (Å²) in [7, 11) is 2.03. The lowest BCUT2D eigenvalue weighted by molar-refractivity contribution is 0.0975. The van der Waals surface area contributed by atoms with Crippen LogP contribution in [0.5, 0.6) is 11.5 Å². The van der Waals surface area contributed by atoms with E-state index in [2.05, 4.69) is 15.5 Å². The van der Waals surface area contributed by atoms with Crippen LogP contribution in [0.15, 0.2) is 24.3 Å². The highest BCUT2D eigenvalue weighted by Crippen LogP contribution is 2.46. The number of benzene rings is 2. The van der Waals surface area contributed by atoms with E-state index in [1.807, 2.05) is 7.05 Å². The average molecular weight is 351 g/mol. The first-order valence-electron chi connectivity index (χ1n) is 8.46. The minimum atomic E-state index is -0.461. The third-order valence-electron chi connectivity index (χ3n) is 5.49. The molecule has 2 heterocycles. The van der Waals surface area contributed by atoms with Crippen molar-refractivity contribution < 1.29 is 19.8 Å². The monoisotopic (exact) mass is 351 g/mol. The lowest BCUT2D eigenvalue weighted by Gasteiger charge is -2.26. The van der Waals surface area contributed by atoms with E-state index in [4.69, 9.17) is 0 Å². The minimum Gasteiger partial charge on any atom is -0.507 e. The number of carbonyl (C=O) groups excluding carboxylic acids is 2. The molecular formula is C19H17N3O4. The number of rotatable bonds is 0. The van der Waals surface area contributed by atoms with Crippen LogP contribution in [0.4, 0.5) is 11.4 Å². The number of likely N-dealkylation sites (tertiary alicyclic amines) is 1. The van der Waals surface area contributed by atoms with Gasteiger partial charge in [0.1, 0.15) is 17.2 Å². The molecule has 2 aliphatic heterocycles. The quantitative estimate of drug-likeness (QED) is 0.458. The lowest BCUT2D eigenvalue weighted by Crippen LogP contribution is -2.44. The molecule has 2 aromatic carbocycles. The molecule has 7 heteroatoms. The Morgan fingerprint density at radius 2 is 1.65 bits per heavy atom. The fraction of sp³-hybridized carbons (Fsp3) is 0.263. The highest BCUT2D eigenvalue weighted by molar-refractivity contribution is 6.32. The number of anilines is 2. The highest BCUT2D eigenvalue weighted by Gasteiger charge is 2.45. The van der Waals surface area contributed by atoms with Gasteiger partial charge in [-0.25, -0.2) is 0 Å². The number of aromatic hydroxyl groups is 2. The number of nitrogens with zero attached hydrogens (tertiary/aromatic N) is 1. The molecule has 1 spiro atoms. The maximum absolute atomic E-state index is 13.2. The molecule has 1 saturated heterocycles. The van der Waals surface area contributed by atoms with E-state index >= 15 is 0 Å². The van der Waals surface area contributed by atoms with Crippen molar-refractivity contribution in [3.63, 3.8) is 0 Å². The van der Waals surface area contributed by atoms with Gasteiger partial charge in [-0.3, -0.25) is 9.59 Å². The Hall–Kier alpha value is -3.06. The van der Waals surface area contributed by atoms with Gasteiger partial charge >= 0.3 is 0 Å². The van der Waals surface area contributed by atoms with Gasteiger partial charge in [-0.05, 0) is 31.3 Å². The number of carbonyl (C=O) groups is 2. The first kappa shape index (κ1) is 15.2. The molecule has 4 N–H and O–H groups in total. The molecule has 0 bridgehead atoms. The zero-order chi connectivity index (χ0) is 18.2. The predicted molar refractivity (Wildman–Crippen MR) is 95.2 cm³/mol. The molecule has 0 aromatic heterocycles. The van der Waals surface area contributed by atoms with Crippen molar-refractivity contribution in [3.8, 4) is 11.5 Å². The van der Waals surface area contributed by atoms with Crippen molar-refractivity contribution >= 4 is 22.9 Å². The maximum Gasteiger partial charge on any atom is 0.200 e. The Labute approximate surface area is 149 Å². The summed E-state index contributed by atoms with van der Waals surface area (Å²) in [4.78, 5) is 28.2. The van der Waals surface area contributed by atoms with Crippen LogP contribution in [0.3, 0.4) is 0 Å². The Bertz CT molecular complexity index is 1020. The van der Waals surface area contributed by atoms with Crippen molar-refractivity contribution in [2.75, 3.05) is 30.8 Å². The summed E-state index contributed by atoms with van der Waals surface area (Å²) in [5.74, 6) is -1.53.